The van der Waals surface area contributed by atoms with E-state index in [1.54, 1.807) is 0 Å². The van der Waals surface area contributed by atoms with Crippen LogP contribution in [0.3, 0.4) is 0 Å². The van der Waals surface area contributed by atoms with Crippen LogP contribution in [0.1, 0.15) is 28.7 Å². The Hall–Kier alpha value is -2.62. The highest BCUT2D eigenvalue weighted by atomic mass is 16.2. The first-order chi connectivity index (χ1) is 10.8. The molecule has 0 saturated carbocycles. The van der Waals surface area contributed by atoms with E-state index in [9.17, 15) is 9.59 Å². The van der Waals surface area contributed by atoms with E-state index in [1.807, 2.05) is 64.1 Å². The van der Waals surface area contributed by atoms with Crippen LogP contribution in [-0.2, 0) is 9.59 Å². The Labute approximate surface area is 136 Å². The predicted molar refractivity (Wildman–Crippen MR) is 93.7 cm³/mol. The lowest BCUT2D eigenvalue weighted by molar-refractivity contribution is -0.123. The summed E-state index contributed by atoms with van der Waals surface area (Å²) in [6, 6.07) is 11.6. The Morgan fingerprint density at radius 2 is 1.35 bits per heavy atom. The molecule has 2 amide bonds. The van der Waals surface area contributed by atoms with Crippen molar-refractivity contribution in [3.8, 4) is 0 Å². The second kappa shape index (κ2) is 7.09. The van der Waals surface area contributed by atoms with Gasteiger partial charge in [-0.15, -0.1) is 0 Å². The van der Waals surface area contributed by atoms with Crippen molar-refractivity contribution in [1.29, 1.82) is 0 Å². The number of hydrogen-bond donors (Lipinski definition) is 2. The van der Waals surface area contributed by atoms with Crippen molar-refractivity contribution in [3.63, 3.8) is 0 Å². The van der Waals surface area contributed by atoms with Gasteiger partial charge in [-0.3, -0.25) is 9.59 Å². The zero-order valence-electron chi connectivity index (χ0n) is 14.0. The molecular weight excluding hydrogens is 288 g/mol. The van der Waals surface area contributed by atoms with E-state index in [2.05, 4.69) is 10.6 Å². The topological polar surface area (TPSA) is 58.2 Å². The number of hydrogen-bond acceptors (Lipinski definition) is 2. The number of aryl methyl sites for hydroxylation is 4. The minimum atomic E-state index is -0.321. The summed E-state index contributed by atoms with van der Waals surface area (Å²) < 4.78 is 0. The summed E-state index contributed by atoms with van der Waals surface area (Å²) in [5, 5.41) is 5.59. The van der Waals surface area contributed by atoms with Gasteiger partial charge in [-0.25, -0.2) is 0 Å². The zero-order valence-corrected chi connectivity index (χ0v) is 14.0. The summed E-state index contributed by atoms with van der Waals surface area (Å²) in [6.07, 6.45) is -0.208. The maximum Gasteiger partial charge on any atom is 0.233 e. The van der Waals surface area contributed by atoms with E-state index in [0.29, 0.717) is 5.69 Å². The van der Waals surface area contributed by atoms with Crippen molar-refractivity contribution in [3.05, 3.63) is 58.7 Å². The quantitative estimate of drug-likeness (QED) is 0.842. The molecule has 2 N–H and O–H groups in total. The zero-order chi connectivity index (χ0) is 17.0. The lowest BCUT2D eigenvalue weighted by Gasteiger charge is -2.12. The molecule has 0 saturated heterocycles. The van der Waals surface area contributed by atoms with E-state index < -0.39 is 0 Å². The van der Waals surface area contributed by atoms with Crippen molar-refractivity contribution in [1.82, 2.24) is 0 Å². The Kier molecular flexibility index (Phi) is 5.16. The summed E-state index contributed by atoms with van der Waals surface area (Å²) >= 11 is 0. The second-order valence-electron chi connectivity index (χ2n) is 5.92. The molecule has 2 aromatic carbocycles. The fourth-order valence-electron chi connectivity index (χ4n) is 2.59. The van der Waals surface area contributed by atoms with Crippen LogP contribution in [0, 0.1) is 27.7 Å². The summed E-state index contributed by atoms with van der Waals surface area (Å²) in [4.78, 5) is 24.1. The van der Waals surface area contributed by atoms with Crippen LogP contribution in [0.2, 0.25) is 0 Å². The smallest absolute Gasteiger partial charge is 0.233 e. The van der Waals surface area contributed by atoms with Crippen LogP contribution in [0.15, 0.2) is 36.4 Å². The first-order valence-electron chi connectivity index (χ1n) is 7.59. The molecule has 2 aromatic rings. The minimum absolute atomic E-state index is 0.208. The molecule has 120 valence electrons. The first kappa shape index (κ1) is 16.7. The number of anilines is 2. The molecule has 0 radical (unpaired) electrons. The Morgan fingerprint density at radius 1 is 0.826 bits per heavy atom. The monoisotopic (exact) mass is 310 g/mol. The third-order valence-electron chi connectivity index (χ3n) is 3.57. The van der Waals surface area contributed by atoms with Crippen molar-refractivity contribution in [2.24, 2.45) is 0 Å². The van der Waals surface area contributed by atoms with E-state index in [1.165, 1.54) is 0 Å². The molecule has 0 unspecified atom stereocenters. The summed E-state index contributed by atoms with van der Waals surface area (Å²) in [5.41, 5.74) is 5.59. The van der Waals surface area contributed by atoms with Gasteiger partial charge in [0, 0.05) is 11.4 Å². The number of benzene rings is 2. The molecule has 0 spiro atoms. The molecule has 0 heterocycles. The molecule has 4 nitrogen and oxygen atoms in total. The molecular formula is C19H22N2O2. The highest BCUT2D eigenvalue weighted by molar-refractivity contribution is 6.08. The van der Waals surface area contributed by atoms with Crippen LogP contribution < -0.4 is 10.6 Å². The van der Waals surface area contributed by atoms with Gasteiger partial charge in [0.2, 0.25) is 11.8 Å². The van der Waals surface area contributed by atoms with E-state index in [4.69, 9.17) is 0 Å². The molecule has 0 fully saturated rings. The van der Waals surface area contributed by atoms with Crippen molar-refractivity contribution < 1.29 is 9.59 Å². The molecule has 0 atom stereocenters. The lowest BCUT2D eigenvalue weighted by Crippen LogP contribution is -2.22. The number of amides is 2. The minimum Gasteiger partial charge on any atom is -0.326 e. The summed E-state index contributed by atoms with van der Waals surface area (Å²) in [5.74, 6) is -0.636. The normalized spacial score (nSPS) is 10.3. The van der Waals surface area contributed by atoms with E-state index in [-0.39, 0.29) is 18.2 Å². The van der Waals surface area contributed by atoms with Crippen molar-refractivity contribution in [2.45, 2.75) is 34.1 Å². The average molecular weight is 310 g/mol. The fraction of sp³-hybridized carbons (Fsp3) is 0.263. The third kappa shape index (κ3) is 4.68. The number of rotatable bonds is 4. The van der Waals surface area contributed by atoms with Gasteiger partial charge in [0.05, 0.1) is 0 Å². The maximum absolute atomic E-state index is 12.1. The predicted octanol–water partition coefficient (Wildman–Crippen LogP) is 3.89. The van der Waals surface area contributed by atoms with Crippen LogP contribution in [0.5, 0.6) is 0 Å². The largest absolute Gasteiger partial charge is 0.326 e. The van der Waals surface area contributed by atoms with Crippen molar-refractivity contribution >= 4 is 23.2 Å². The summed E-state index contributed by atoms with van der Waals surface area (Å²) in [7, 11) is 0. The Morgan fingerprint density at radius 3 is 1.91 bits per heavy atom. The standard InChI is InChI=1S/C19H22N2O2/c1-12-8-13(2)10-16(9-12)20-17(22)11-18(23)21-19-14(3)6-5-7-15(19)4/h5-10H,11H2,1-4H3,(H,20,22)(H,21,23). The third-order valence-corrected chi connectivity index (χ3v) is 3.57. The number of nitrogens with one attached hydrogen (secondary N) is 2. The van der Waals surface area contributed by atoms with Gasteiger partial charge >= 0.3 is 0 Å². The van der Waals surface area contributed by atoms with Gasteiger partial charge in [-0.1, -0.05) is 24.3 Å². The Bertz CT molecular complexity index is 711. The second-order valence-corrected chi connectivity index (χ2v) is 5.92. The molecule has 0 bridgehead atoms. The van der Waals surface area contributed by atoms with Crippen LogP contribution in [0.25, 0.3) is 0 Å². The van der Waals surface area contributed by atoms with Crippen LogP contribution in [-0.4, -0.2) is 11.8 Å². The van der Waals surface area contributed by atoms with Crippen LogP contribution in [0.4, 0.5) is 11.4 Å². The summed E-state index contributed by atoms with van der Waals surface area (Å²) in [6.45, 7) is 7.79. The van der Waals surface area contributed by atoms with E-state index in [0.717, 1.165) is 27.9 Å². The first-order valence-corrected chi connectivity index (χ1v) is 7.59. The van der Waals surface area contributed by atoms with Gasteiger partial charge in [0.25, 0.3) is 0 Å². The molecule has 0 aromatic heterocycles. The number of carbonyl (C=O) groups excluding carboxylic acids is 2. The van der Waals surface area contributed by atoms with Gasteiger partial charge in [-0.05, 0) is 62.1 Å². The number of carbonyl (C=O) groups is 2. The van der Waals surface area contributed by atoms with Gasteiger partial charge in [0.1, 0.15) is 6.42 Å². The number of para-hydroxylation sites is 1. The average Bonchev–Trinajstić information content (AvgIpc) is 2.41. The lowest BCUT2D eigenvalue weighted by atomic mass is 10.1. The van der Waals surface area contributed by atoms with Gasteiger partial charge < -0.3 is 10.6 Å². The SMILES string of the molecule is Cc1cc(C)cc(NC(=O)CC(=O)Nc2c(C)cccc2C)c1. The molecule has 0 aliphatic rings. The molecule has 2 rings (SSSR count). The van der Waals surface area contributed by atoms with Crippen molar-refractivity contribution in [2.75, 3.05) is 10.6 Å². The highest BCUT2D eigenvalue weighted by Gasteiger charge is 2.12. The van der Waals surface area contributed by atoms with Gasteiger partial charge in [-0.2, -0.15) is 0 Å². The molecule has 0 aliphatic heterocycles. The Balaban J connectivity index is 1.98. The fourth-order valence-corrected chi connectivity index (χ4v) is 2.59. The molecule has 4 heteroatoms. The van der Waals surface area contributed by atoms with Crippen LogP contribution >= 0.6 is 0 Å². The molecule has 0 aliphatic carbocycles. The van der Waals surface area contributed by atoms with E-state index >= 15 is 0 Å². The highest BCUT2D eigenvalue weighted by Crippen LogP contribution is 2.19. The van der Waals surface area contributed by atoms with Gasteiger partial charge in [0.15, 0.2) is 0 Å². The maximum atomic E-state index is 12.1. The molecule has 23 heavy (non-hydrogen) atoms.